The number of esters is 2. The van der Waals surface area contributed by atoms with Gasteiger partial charge in [0.2, 0.25) is 0 Å². The molecule has 0 bridgehead atoms. The van der Waals surface area contributed by atoms with E-state index < -0.39 is 6.10 Å². The van der Waals surface area contributed by atoms with Crippen LogP contribution in [0.4, 0.5) is 0 Å². The van der Waals surface area contributed by atoms with Crippen molar-refractivity contribution in [1.29, 1.82) is 0 Å². The van der Waals surface area contributed by atoms with Crippen molar-refractivity contribution in [3.8, 4) is 0 Å². The standard InChI is InChI=1S/C49H84O5/c1-4-7-10-13-16-19-22-24-25-26-28-30-33-36-39-42-48(50)53-46-47(45-52-44-41-38-35-32-29-23-20-17-14-11-8-5-2)54-49(51)43-40-37-34-31-27-21-18-15-12-9-6-3/h7,10,14,16-17,19,24-25,28,30,36,39,47H,4-6,8-9,11-13,15,18,20-23,26-27,29,31-35,37-38,40-46H2,1-3H3/b10-7-,17-14-,19-16-,25-24-,30-28-,39-36-. The van der Waals surface area contributed by atoms with Crippen LogP contribution in [0.25, 0.3) is 0 Å². The Hall–Kier alpha value is -2.66. The first-order valence-electron chi connectivity index (χ1n) is 22.5. The van der Waals surface area contributed by atoms with Crippen LogP contribution in [0, 0.1) is 0 Å². The fourth-order valence-corrected chi connectivity index (χ4v) is 5.92. The first-order valence-corrected chi connectivity index (χ1v) is 22.5. The van der Waals surface area contributed by atoms with Gasteiger partial charge >= 0.3 is 11.9 Å². The highest BCUT2D eigenvalue weighted by molar-refractivity contribution is 5.71. The van der Waals surface area contributed by atoms with Gasteiger partial charge in [-0.05, 0) is 64.2 Å². The number of hydrogen-bond acceptors (Lipinski definition) is 5. The molecule has 0 saturated heterocycles. The molecule has 0 aliphatic carbocycles. The summed E-state index contributed by atoms with van der Waals surface area (Å²) in [6.45, 7) is 7.55. The van der Waals surface area contributed by atoms with E-state index in [1.807, 2.05) is 12.2 Å². The molecule has 1 unspecified atom stereocenters. The van der Waals surface area contributed by atoms with Gasteiger partial charge in [-0.15, -0.1) is 0 Å². The Morgan fingerprint density at radius 3 is 1.46 bits per heavy atom. The third-order valence-corrected chi connectivity index (χ3v) is 9.26. The lowest BCUT2D eigenvalue weighted by Crippen LogP contribution is -2.30. The Morgan fingerprint density at radius 1 is 0.444 bits per heavy atom. The van der Waals surface area contributed by atoms with Crippen LogP contribution in [0.1, 0.15) is 201 Å². The van der Waals surface area contributed by atoms with E-state index in [9.17, 15) is 9.59 Å². The highest BCUT2D eigenvalue weighted by Gasteiger charge is 2.17. The Bertz CT molecular complexity index is 988. The van der Waals surface area contributed by atoms with Gasteiger partial charge in [0.1, 0.15) is 6.61 Å². The number of carbonyl (C=O) groups is 2. The number of rotatable bonds is 40. The number of unbranched alkanes of at least 4 members (excludes halogenated alkanes) is 18. The molecule has 0 N–H and O–H groups in total. The number of ether oxygens (including phenoxy) is 3. The van der Waals surface area contributed by atoms with Crippen molar-refractivity contribution in [3.63, 3.8) is 0 Å². The smallest absolute Gasteiger partial charge is 0.309 e. The van der Waals surface area contributed by atoms with E-state index in [-0.39, 0.29) is 31.6 Å². The molecule has 0 spiro atoms. The van der Waals surface area contributed by atoms with E-state index in [1.54, 1.807) is 0 Å². The number of hydrogen-bond donors (Lipinski definition) is 0. The largest absolute Gasteiger partial charge is 0.461 e. The highest BCUT2D eigenvalue weighted by atomic mass is 16.6. The molecule has 1 atom stereocenters. The van der Waals surface area contributed by atoms with Crippen LogP contribution in [0.3, 0.4) is 0 Å². The second-order valence-corrected chi connectivity index (χ2v) is 14.6. The lowest BCUT2D eigenvalue weighted by molar-refractivity contribution is -0.162. The van der Waals surface area contributed by atoms with Crippen LogP contribution in [-0.4, -0.2) is 37.9 Å². The molecule has 0 aromatic carbocycles. The van der Waals surface area contributed by atoms with Crippen LogP contribution in [0.5, 0.6) is 0 Å². The Labute approximate surface area is 334 Å². The van der Waals surface area contributed by atoms with Crippen LogP contribution in [-0.2, 0) is 23.8 Å². The van der Waals surface area contributed by atoms with E-state index in [4.69, 9.17) is 14.2 Å². The second kappa shape index (κ2) is 44.7. The molecule has 5 nitrogen and oxygen atoms in total. The van der Waals surface area contributed by atoms with Gasteiger partial charge in [0, 0.05) is 13.0 Å². The van der Waals surface area contributed by atoms with E-state index in [0.717, 1.165) is 64.2 Å². The first-order chi connectivity index (χ1) is 26.6. The fourth-order valence-electron chi connectivity index (χ4n) is 5.92. The number of carbonyl (C=O) groups excluding carboxylic acids is 2. The molecule has 310 valence electrons. The van der Waals surface area contributed by atoms with Crippen LogP contribution in [0.2, 0.25) is 0 Å². The van der Waals surface area contributed by atoms with Gasteiger partial charge < -0.3 is 14.2 Å². The summed E-state index contributed by atoms with van der Waals surface area (Å²) >= 11 is 0. The molecule has 0 heterocycles. The average molecular weight is 753 g/mol. The van der Waals surface area contributed by atoms with Crippen molar-refractivity contribution in [2.75, 3.05) is 19.8 Å². The molecule has 0 fully saturated rings. The SMILES string of the molecule is CC/C=C\C/C=C\C/C=C\C/C=C\C/C=C\CC(=O)OCC(COCCCCCCCC/C=C\CCCC)OC(=O)CCCCCCCCCCCCC. The van der Waals surface area contributed by atoms with Crippen molar-refractivity contribution < 1.29 is 23.8 Å². The predicted octanol–water partition coefficient (Wildman–Crippen LogP) is 14.8. The van der Waals surface area contributed by atoms with Gasteiger partial charge in [0.25, 0.3) is 0 Å². The molecule has 0 aliphatic rings. The maximum absolute atomic E-state index is 12.7. The minimum atomic E-state index is -0.576. The zero-order valence-corrected chi connectivity index (χ0v) is 35.5. The minimum absolute atomic E-state index is 0.0282. The average Bonchev–Trinajstić information content (AvgIpc) is 3.17. The summed E-state index contributed by atoms with van der Waals surface area (Å²) in [7, 11) is 0. The zero-order chi connectivity index (χ0) is 39.3. The normalized spacial score (nSPS) is 12.9. The molecule has 54 heavy (non-hydrogen) atoms. The molecule has 0 aliphatic heterocycles. The second-order valence-electron chi connectivity index (χ2n) is 14.6. The van der Waals surface area contributed by atoms with Gasteiger partial charge in [-0.2, -0.15) is 0 Å². The Morgan fingerprint density at radius 2 is 0.907 bits per heavy atom. The Balaban J connectivity index is 4.39. The molecule has 0 rings (SSSR count). The van der Waals surface area contributed by atoms with Gasteiger partial charge in [-0.1, -0.05) is 196 Å². The maximum atomic E-state index is 12.7. The molecular weight excluding hydrogens is 669 g/mol. The van der Waals surface area contributed by atoms with Gasteiger partial charge in [0.15, 0.2) is 6.10 Å². The summed E-state index contributed by atoms with van der Waals surface area (Å²) in [5.41, 5.74) is 0. The number of allylic oxidation sites excluding steroid dienone is 11. The van der Waals surface area contributed by atoms with Crippen molar-refractivity contribution in [2.24, 2.45) is 0 Å². The molecule has 0 radical (unpaired) electrons. The van der Waals surface area contributed by atoms with Crippen molar-refractivity contribution in [2.45, 2.75) is 207 Å². The zero-order valence-electron chi connectivity index (χ0n) is 35.5. The molecule has 0 saturated carbocycles. The summed E-state index contributed by atoms with van der Waals surface area (Å²) < 4.78 is 17.2. The molecule has 0 amide bonds. The van der Waals surface area contributed by atoms with Crippen molar-refractivity contribution in [3.05, 3.63) is 72.9 Å². The maximum Gasteiger partial charge on any atom is 0.309 e. The van der Waals surface area contributed by atoms with Gasteiger partial charge in [-0.3, -0.25) is 9.59 Å². The monoisotopic (exact) mass is 753 g/mol. The lowest BCUT2D eigenvalue weighted by atomic mass is 10.1. The summed E-state index contributed by atoms with van der Waals surface area (Å²) in [6.07, 6.45) is 56.3. The first kappa shape index (κ1) is 51.3. The Kier molecular flexibility index (Phi) is 42.5. The third kappa shape index (κ3) is 42.1. The van der Waals surface area contributed by atoms with Gasteiger partial charge in [-0.25, -0.2) is 0 Å². The van der Waals surface area contributed by atoms with Gasteiger partial charge in [0.05, 0.1) is 13.0 Å². The minimum Gasteiger partial charge on any atom is -0.461 e. The predicted molar refractivity (Wildman–Crippen MR) is 233 cm³/mol. The van der Waals surface area contributed by atoms with E-state index in [1.165, 1.54) is 103 Å². The van der Waals surface area contributed by atoms with E-state index in [0.29, 0.717) is 13.0 Å². The van der Waals surface area contributed by atoms with E-state index >= 15 is 0 Å². The van der Waals surface area contributed by atoms with Crippen LogP contribution < -0.4 is 0 Å². The van der Waals surface area contributed by atoms with E-state index in [2.05, 4.69) is 81.5 Å². The molecular formula is C49H84O5. The van der Waals surface area contributed by atoms with Crippen molar-refractivity contribution in [1.82, 2.24) is 0 Å². The quantitative estimate of drug-likeness (QED) is 0.0354. The molecule has 0 aromatic heterocycles. The topological polar surface area (TPSA) is 61.8 Å². The van der Waals surface area contributed by atoms with Crippen molar-refractivity contribution >= 4 is 11.9 Å². The summed E-state index contributed by atoms with van der Waals surface area (Å²) in [5, 5.41) is 0. The lowest BCUT2D eigenvalue weighted by Gasteiger charge is -2.18. The molecule has 5 heteroatoms. The van der Waals surface area contributed by atoms with Crippen LogP contribution >= 0.6 is 0 Å². The fraction of sp³-hybridized carbons (Fsp3) is 0.714. The summed E-state index contributed by atoms with van der Waals surface area (Å²) in [4.78, 5) is 25.1. The van der Waals surface area contributed by atoms with Crippen LogP contribution in [0.15, 0.2) is 72.9 Å². The summed E-state index contributed by atoms with van der Waals surface area (Å²) in [5.74, 6) is -0.548. The summed E-state index contributed by atoms with van der Waals surface area (Å²) in [6, 6.07) is 0. The molecule has 0 aromatic rings. The third-order valence-electron chi connectivity index (χ3n) is 9.26. The highest BCUT2D eigenvalue weighted by Crippen LogP contribution is 2.13.